The quantitative estimate of drug-likeness (QED) is 0.716. The first-order valence-corrected chi connectivity index (χ1v) is 8.58. The molecule has 1 amide bonds. The van der Waals surface area contributed by atoms with Gasteiger partial charge in [-0.05, 0) is 44.6 Å². The number of carbonyl (C=O) groups is 1. The van der Waals surface area contributed by atoms with Crippen LogP contribution in [0.3, 0.4) is 0 Å². The summed E-state index contributed by atoms with van der Waals surface area (Å²) in [7, 11) is 0. The summed E-state index contributed by atoms with van der Waals surface area (Å²) in [6.07, 6.45) is 2.69. The predicted molar refractivity (Wildman–Crippen MR) is 96.9 cm³/mol. The smallest absolute Gasteiger partial charge is 0.252 e. The number of anilines is 1. The Morgan fingerprint density at radius 2 is 2.21 bits per heavy atom. The van der Waals surface area contributed by atoms with Gasteiger partial charge in [0.1, 0.15) is 11.6 Å². The lowest BCUT2D eigenvalue weighted by molar-refractivity contribution is 0.0952. The van der Waals surface area contributed by atoms with E-state index in [-0.39, 0.29) is 5.91 Å². The molecule has 0 aliphatic rings. The van der Waals surface area contributed by atoms with E-state index in [4.69, 9.17) is 12.2 Å². The summed E-state index contributed by atoms with van der Waals surface area (Å²) in [5.41, 5.74) is 0.554. The Labute approximate surface area is 147 Å². The standard InChI is InChI=1S/C16H24N6OS/c1-4-9-21(5-2)14-7-6-13(11-18-14)15(23)17-8-10-22-12(3)19-20-16(22)24/h6-7,11H,4-5,8-10H2,1-3H3,(H,17,23)(H,20,24). The van der Waals surface area contributed by atoms with Crippen molar-refractivity contribution < 1.29 is 4.79 Å². The first-order valence-electron chi connectivity index (χ1n) is 8.17. The minimum absolute atomic E-state index is 0.139. The Bertz CT molecular complexity index is 721. The lowest BCUT2D eigenvalue weighted by Gasteiger charge is -2.21. The molecule has 2 N–H and O–H groups in total. The normalized spacial score (nSPS) is 10.6. The van der Waals surface area contributed by atoms with Crippen LogP contribution in [0.2, 0.25) is 0 Å². The van der Waals surface area contributed by atoms with E-state index in [1.807, 2.05) is 23.6 Å². The Morgan fingerprint density at radius 3 is 2.75 bits per heavy atom. The Morgan fingerprint density at radius 1 is 1.42 bits per heavy atom. The summed E-state index contributed by atoms with van der Waals surface area (Å²) in [4.78, 5) is 18.8. The van der Waals surface area contributed by atoms with Gasteiger partial charge in [-0.2, -0.15) is 5.10 Å². The molecule has 0 unspecified atom stereocenters. The van der Waals surface area contributed by atoms with Crippen LogP contribution in [0.4, 0.5) is 5.82 Å². The fourth-order valence-corrected chi connectivity index (χ4v) is 2.72. The molecule has 0 spiro atoms. The third kappa shape index (κ3) is 4.41. The van der Waals surface area contributed by atoms with E-state index in [1.165, 1.54) is 0 Å². The van der Waals surface area contributed by atoms with Gasteiger partial charge in [0.05, 0.1) is 5.56 Å². The summed E-state index contributed by atoms with van der Waals surface area (Å²) in [6.45, 7) is 9.02. The molecule has 0 saturated heterocycles. The van der Waals surface area contributed by atoms with Gasteiger partial charge in [-0.3, -0.25) is 9.89 Å². The van der Waals surface area contributed by atoms with E-state index in [1.54, 1.807) is 6.20 Å². The van der Waals surface area contributed by atoms with Crippen molar-refractivity contribution in [1.82, 2.24) is 25.1 Å². The molecule has 0 radical (unpaired) electrons. The van der Waals surface area contributed by atoms with Crippen LogP contribution in [0.5, 0.6) is 0 Å². The minimum Gasteiger partial charge on any atom is -0.357 e. The summed E-state index contributed by atoms with van der Waals surface area (Å²) >= 11 is 5.13. The van der Waals surface area contributed by atoms with Crippen LogP contribution in [0.15, 0.2) is 18.3 Å². The fraction of sp³-hybridized carbons (Fsp3) is 0.500. The van der Waals surface area contributed by atoms with Gasteiger partial charge >= 0.3 is 0 Å². The highest BCUT2D eigenvalue weighted by Gasteiger charge is 2.09. The molecule has 2 rings (SSSR count). The Balaban J connectivity index is 1.92. The van der Waals surface area contributed by atoms with Gasteiger partial charge in [0, 0.05) is 32.4 Å². The van der Waals surface area contributed by atoms with Crippen LogP contribution < -0.4 is 10.2 Å². The second kappa shape index (κ2) is 8.58. The van der Waals surface area contributed by atoms with Crippen molar-refractivity contribution in [1.29, 1.82) is 0 Å². The van der Waals surface area contributed by atoms with Crippen molar-refractivity contribution >= 4 is 23.9 Å². The van der Waals surface area contributed by atoms with Gasteiger partial charge in [-0.25, -0.2) is 4.98 Å². The zero-order chi connectivity index (χ0) is 17.5. The van der Waals surface area contributed by atoms with Crippen LogP contribution >= 0.6 is 12.2 Å². The fourth-order valence-electron chi connectivity index (χ4n) is 2.46. The van der Waals surface area contributed by atoms with Gasteiger partial charge in [0.25, 0.3) is 5.91 Å². The van der Waals surface area contributed by atoms with Crippen molar-refractivity contribution in [2.75, 3.05) is 24.5 Å². The van der Waals surface area contributed by atoms with E-state index in [0.29, 0.717) is 23.4 Å². The highest BCUT2D eigenvalue weighted by molar-refractivity contribution is 7.71. The zero-order valence-electron chi connectivity index (χ0n) is 14.4. The van der Waals surface area contributed by atoms with Crippen molar-refractivity contribution in [3.63, 3.8) is 0 Å². The largest absolute Gasteiger partial charge is 0.357 e. The van der Waals surface area contributed by atoms with Crippen LogP contribution in [0, 0.1) is 11.7 Å². The molecule has 2 aromatic heterocycles. The van der Waals surface area contributed by atoms with Gasteiger partial charge in [-0.1, -0.05) is 6.92 Å². The molecule has 0 saturated carbocycles. The topological polar surface area (TPSA) is 78.8 Å². The highest BCUT2D eigenvalue weighted by atomic mass is 32.1. The molecule has 0 aromatic carbocycles. The average Bonchev–Trinajstić information content (AvgIpc) is 2.91. The van der Waals surface area contributed by atoms with Gasteiger partial charge in [-0.15, -0.1) is 0 Å². The molecule has 7 nitrogen and oxygen atoms in total. The van der Waals surface area contributed by atoms with E-state index >= 15 is 0 Å². The summed E-state index contributed by atoms with van der Waals surface area (Å²) in [5.74, 6) is 1.56. The number of aromatic nitrogens is 4. The van der Waals surface area contributed by atoms with Crippen LogP contribution in [0.25, 0.3) is 0 Å². The van der Waals surface area contributed by atoms with Crippen LogP contribution in [-0.2, 0) is 6.54 Å². The molecule has 0 aliphatic heterocycles. The maximum absolute atomic E-state index is 12.2. The molecular formula is C16H24N6OS. The minimum atomic E-state index is -0.139. The third-order valence-corrected chi connectivity index (χ3v) is 4.09. The monoisotopic (exact) mass is 348 g/mol. The number of nitrogens with zero attached hydrogens (tertiary/aromatic N) is 4. The van der Waals surface area contributed by atoms with Crippen molar-refractivity contribution in [3.05, 3.63) is 34.5 Å². The number of H-pyrrole nitrogens is 1. The number of nitrogens with one attached hydrogen (secondary N) is 2. The lowest BCUT2D eigenvalue weighted by Crippen LogP contribution is -2.28. The lowest BCUT2D eigenvalue weighted by atomic mass is 10.2. The molecule has 8 heteroatoms. The summed E-state index contributed by atoms with van der Waals surface area (Å²) < 4.78 is 2.41. The van der Waals surface area contributed by atoms with Crippen LogP contribution in [0.1, 0.15) is 36.5 Å². The number of aromatic amines is 1. The number of pyridine rings is 1. The molecule has 2 heterocycles. The average molecular weight is 348 g/mol. The van der Waals surface area contributed by atoms with E-state index in [0.717, 1.165) is 31.2 Å². The number of hydrogen-bond acceptors (Lipinski definition) is 5. The van der Waals surface area contributed by atoms with Gasteiger partial charge in [0.2, 0.25) is 0 Å². The summed E-state index contributed by atoms with van der Waals surface area (Å²) in [6, 6.07) is 3.70. The van der Waals surface area contributed by atoms with E-state index in [2.05, 4.69) is 39.2 Å². The number of aryl methyl sites for hydroxylation is 1. The molecule has 24 heavy (non-hydrogen) atoms. The first kappa shape index (κ1) is 18.1. The predicted octanol–water partition coefficient (Wildman–Crippen LogP) is 2.31. The molecule has 0 atom stereocenters. The van der Waals surface area contributed by atoms with Crippen molar-refractivity contribution in [2.24, 2.45) is 0 Å². The van der Waals surface area contributed by atoms with Crippen LogP contribution in [-0.4, -0.2) is 45.3 Å². The number of amides is 1. The van der Waals surface area contributed by atoms with Crippen molar-refractivity contribution in [2.45, 2.75) is 33.7 Å². The highest BCUT2D eigenvalue weighted by Crippen LogP contribution is 2.11. The Kier molecular flexibility index (Phi) is 6.48. The maximum atomic E-state index is 12.2. The number of carbonyl (C=O) groups excluding carboxylic acids is 1. The first-order chi connectivity index (χ1) is 11.6. The molecule has 2 aromatic rings. The second-order valence-electron chi connectivity index (χ2n) is 5.47. The summed E-state index contributed by atoms with van der Waals surface area (Å²) in [5, 5.41) is 9.65. The number of rotatable bonds is 8. The SMILES string of the molecule is CCCN(CC)c1ccc(C(=O)NCCn2c(C)n[nH]c2=S)cn1. The molecule has 0 aliphatic carbocycles. The zero-order valence-corrected chi connectivity index (χ0v) is 15.2. The number of hydrogen-bond donors (Lipinski definition) is 2. The Hall–Kier alpha value is -2.22. The van der Waals surface area contributed by atoms with Gasteiger partial charge in [0.15, 0.2) is 4.77 Å². The maximum Gasteiger partial charge on any atom is 0.252 e. The van der Waals surface area contributed by atoms with E-state index in [9.17, 15) is 4.79 Å². The second-order valence-corrected chi connectivity index (χ2v) is 5.85. The van der Waals surface area contributed by atoms with E-state index < -0.39 is 0 Å². The molecule has 130 valence electrons. The molecular weight excluding hydrogens is 324 g/mol. The van der Waals surface area contributed by atoms with Gasteiger partial charge < -0.3 is 14.8 Å². The van der Waals surface area contributed by atoms with Crippen molar-refractivity contribution in [3.8, 4) is 0 Å². The molecule has 0 fully saturated rings. The third-order valence-electron chi connectivity index (χ3n) is 3.78. The molecule has 0 bridgehead atoms.